The van der Waals surface area contributed by atoms with E-state index in [4.69, 9.17) is 4.52 Å². The Morgan fingerprint density at radius 1 is 1.19 bits per heavy atom. The van der Waals surface area contributed by atoms with Crippen LogP contribution in [0, 0.1) is 13.8 Å². The molecule has 0 aliphatic heterocycles. The Morgan fingerprint density at radius 2 is 2.04 bits per heavy atom. The van der Waals surface area contributed by atoms with Crippen molar-refractivity contribution in [3.05, 3.63) is 48.1 Å². The van der Waals surface area contributed by atoms with Gasteiger partial charge in [0.05, 0.1) is 5.69 Å². The van der Waals surface area contributed by atoms with E-state index in [9.17, 15) is 0 Å². The first-order valence-electron chi connectivity index (χ1n) is 9.29. The normalized spacial score (nSPS) is 11.2. The van der Waals surface area contributed by atoms with Gasteiger partial charge in [-0.1, -0.05) is 36.7 Å². The minimum absolute atomic E-state index is 0.661. The topological polar surface area (TPSA) is 79.6 Å². The van der Waals surface area contributed by atoms with E-state index in [1.165, 1.54) is 0 Å². The number of benzene rings is 1. The number of fused-ring (bicyclic) bond motifs is 1. The van der Waals surface area contributed by atoms with Crippen LogP contribution in [-0.2, 0) is 0 Å². The molecule has 4 rings (SSSR count). The predicted octanol–water partition coefficient (Wildman–Crippen LogP) is 5.11. The van der Waals surface area contributed by atoms with Crippen molar-refractivity contribution in [1.82, 2.24) is 20.1 Å². The van der Waals surface area contributed by atoms with Gasteiger partial charge in [-0.3, -0.25) is 0 Å². The highest BCUT2D eigenvalue weighted by atomic mass is 16.5. The van der Waals surface area contributed by atoms with Gasteiger partial charge in [-0.05, 0) is 37.5 Å². The molecule has 1 aromatic carbocycles. The van der Waals surface area contributed by atoms with Gasteiger partial charge in [-0.15, -0.1) is 0 Å². The second-order valence-corrected chi connectivity index (χ2v) is 6.72. The van der Waals surface area contributed by atoms with Crippen LogP contribution >= 0.6 is 0 Å². The number of rotatable bonds is 6. The molecule has 0 bridgehead atoms. The molecule has 4 aromatic rings. The van der Waals surface area contributed by atoms with E-state index in [1.54, 1.807) is 0 Å². The third kappa shape index (κ3) is 3.30. The maximum atomic E-state index is 5.32. The summed E-state index contributed by atoms with van der Waals surface area (Å²) in [5.74, 6) is 1.49. The average Bonchev–Trinajstić information content (AvgIpc) is 3.25. The monoisotopic (exact) mass is 361 g/mol. The lowest BCUT2D eigenvalue weighted by Gasteiger charge is -2.06. The fourth-order valence-electron chi connectivity index (χ4n) is 3.35. The Kier molecular flexibility index (Phi) is 4.62. The van der Waals surface area contributed by atoms with Gasteiger partial charge in [0.2, 0.25) is 5.95 Å². The van der Waals surface area contributed by atoms with E-state index in [1.807, 2.05) is 26.2 Å². The van der Waals surface area contributed by atoms with Gasteiger partial charge in [-0.2, -0.15) is 4.98 Å². The number of nitrogens with zero attached hydrogens (tertiary/aromatic N) is 3. The lowest BCUT2D eigenvalue weighted by atomic mass is 9.98. The molecule has 0 saturated carbocycles. The first-order valence-corrected chi connectivity index (χ1v) is 9.29. The highest BCUT2D eigenvalue weighted by molar-refractivity contribution is 5.94. The number of aryl methyl sites for hydroxylation is 2. The molecule has 3 heterocycles. The maximum absolute atomic E-state index is 5.32. The smallest absolute Gasteiger partial charge is 0.224 e. The summed E-state index contributed by atoms with van der Waals surface area (Å²) in [6.07, 6.45) is 6.11. The molecule has 0 fully saturated rings. The highest BCUT2D eigenvalue weighted by Gasteiger charge is 2.14. The SMILES string of the molecule is CCCCNc1ncc2c(-c3cccc(-c4c(C)noc4C)c3)c[nH]c2n1. The summed E-state index contributed by atoms with van der Waals surface area (Å²) in [5.41, 5.74) is 6.07. The van der Waals surface area contributed by atoms with Gasteiger partial charge in [0.1, 0.15) is 11.4 Å². The Morgan fingerprint density at radius 3 is 2.81 bits per heavy atom. The molecule has 27 heavy (non-hydrogen) atoms. The molecule has 0 atom stereocenters. The molecule has 0 unspecified atom stereocenters. The van der Waals surface area contributed by atoms with Gasteiger partial charge in [0.15, 0.2) is 0 Å². The van der Waals surface area contributed by atoms with Crippen LogP contribution in [0.15, 0.2) is 41.2 Å². The van der Waals surface area contributed by atoms with Crippen molar-refractivity contribution in [3.63, 3.8) is 0 Å². The van der Waals surface area contributed by atoms with Crippen molar-refractivity contribution >= 4 is 17.0 Å². The summed E-state index contributed by atoms with van der Waals surface area (Å²) in [7, 11) is 0. The van der Waals surface area contributed by atoms with E-state index in [-0.39, 0.29) is 0 Å². The van der Waals surface area contributed by atoms with E-state index < -0.39 is 0 Å². The number of aromatic nitrogens is 4. The van der Waals surface area contributed by atoms with Crippen LogP contribution in [0.1, 0.15) is 31.2 Å². The zero-order chi connectivity index (χ0) is 18.8. The van der Waals surface area contributed by atoms with Gasteiger partial charge >= 0.3 is 0 Å². The minimum Gasteiger partial charge on any atom is -0.361 e. The molecule has 0 aliphatic carbocycles. The van der Waals surface area contributed by atoms with Crippen LogP contribution in [-0.4, -0.2) is 26.7 Å². The molecule has 6 heteroatoms. The lowest BCUT2D eigenvalue weighted by molar-refractivity contribution is 0.393. The zero-order valence-electron chi connectivity index (χ0n) is 15.8. The first kappa shape index (κ1) is 17.3. The molecular formula is C21H23N5O. The minimum atomic E-state index is 0.661. The zero-order valence-corrected chi connectivity index (χ0v) is 15.8. The van der Waals surface area contributed by atoms with E-state index in [2.05, 4.69) is 56.6 Å². The van der Waals surface area contributed by atoms with Crippen LogP contribution < -0.4 is 5.32 Å². The maximum Gasteiger partial charge on any atom is 0.224 e. The van der Waals surface area contributed by atoms with Gasteiger partial charge in [-0.25, -0.2) is 4.98 Å². The van der Waals surface area contributed by atoms with Gasteiger partial charge in [0, 0.05) is 35.5 Å². The van der Waals surface area contributed by atoms with Crippen LogP contribution in [0.25, 0.3) is 33.3 Å². The number of H-pyrrole nitrogens is 1. The van der Waals surface area contributed by atoms with Crippen molar-refractivity contribution in [1.29, 1.82) is 0 Å². The average molecular weight is 361 g/mol. The number of unbranched alkanes of at least 4 members (excludes halogenated alkanes) is 1. The van der Waals surface area contributed by atoms with Crippen LogP contribution in [0.3, 0.4) is 0 Å². The van der Waals surface area contributed by atoms with Crippen LogP contribution in [0.5, 0.6) is 0 Å². The molecule has 0 aliphatic rings. The Balaban J connectivity index is 1.69. The summed E-state index contributed by atoms with van der Waals surface area (Å²) in [4.78, 5) is 12.3. The summed E-state index contributed by atoms with van der Waals surface area (Å²) in [5, 5.41) is 8.34. The van der Waals surface area contributed by atoms with Crippen LogP contribution in [0.4, 0.5) is 5.95 Å². The molecular weight excluding hydrogens is 338 g/mol. The molecule has 0 amide bonds. The number of nitrogens with one attached hydrogen (secondary N) is 2. The Bertz CT molecular complexity index is 1060. The Hall–Kier alpha value is -3.15. The second kappa shape index (κ2) is 7.23. The molecule has 0 radical (unpaired) electrons. The fourth-order valence-corrected chi connectivity index (χ4v) is 3.35. The molecule has 3 aromatic heterocycles. The van der Waals surface area contributed by atoms with Crippen molar-refractivity contribution in [2.45, 2.75) is 33.6 Å². The quantitative estimate of drug-likeness (QED) is 0.467. The van der Waals surface area contributed by atoms with Crippen molar-refractivity contribution in [3.8, 4) is 22.3 Å². The van der Waals surface area contributed by atoms with E-state index in [0.29, 0.717) is 5.95 Å². The summed E-state index contributed by atoms with van der Waals surface area (Å²) in [6.45, 7) is 6.95. The number of hydrogen-bond donors (Lipinski definition) is 2. The summed E-state index contributed by atoms with van der Waals surface area (Å²) in [6, 6.07) is 8.38. The predicted molar refractivity (Wildman–Crippen MR) is 108 cm³/mol. The van der Waals surface area contributed by atoms with E-state index in [0.717, 1.165) is 64.1 Å². The highest BCUT2D eigenvalue weighted by Crippen LogP contribution is 2.33. The third-order valence-electron chi connectivity index (χ3n) is 4.74. The first-order chi connectivity index (χ1) is 13.2. The van der Waals surface area contributed by atoms with Gasteiger partial charge in [0.25, 0.3) is 0 Å². The fraction of sp³-hybridized carbons (Fsp3) is 0.286. The van der Waals surface area contributed by atoms with E-state index >= 15 is 0 Å². The molecule has 0 saturated heterocycles. The number of aromatic amines is 1. The molecule has 138 valence electrons. The van der Waals surface area contributed by atoms with Crippen molar-refractivity contribution in [2.24, 2.45) is 0 Å². The summed E-state index contributed by atoms with van der Waals surface area (Å²) >= 11 is 0. The molecule has 6 nitrogen and oxygen atoms in total. The summed E-state index contributed by atoms with van der Waals surface area (Å²) < 4.78 is 5.32. The van der Waals surface area contributed by atoms with Gasteiger partial charge < -0.3 is 14.8 Å². The number of hydrogen-bond acceptors (Lipinski definition) is 5. The largest absolute Gasteiger partial charge is 0.361 e. The number of anilines is 1. The van der Waals surface area contributed by atoms with Crippen molar-refractivity contribution in [2.75, 3.05) is 11.9 Å². The molecule has 0 spiro atoms. The van der Waals surface area contributed by atoms with Crippen LogP contribution in [0.2, 0.25) is 0 Å². The second-order valence-electron chi connectivity index (χ2n) is 6.72. The lowest BCUT2D eigenvalue weighted by Crippen LogP contribution is -2.04. The molecule has 2 N–H and O–H groups in total. The standard InChI is InChI=1S/C21H23N5O/c1-4-5-9-22-21-24-12-18-17(11-23-20(18)25-21)15-7-6-8-16(10-15)19-13(2)26-27-14(19)3/h6-8,10-12H,4-5,9H2,1-3H3,(H2,22,23,24,25). The third-order valence-corrected chi connectivity index (χ3v) is 4.74. The Labute approximate surface area is 158 Å². The van der Waals surface area contributed by atoms with Crippen molar-refractivity contribution < 1.29 is 4.52 Å².